The average Bonchev–Trinajstić information content (AvgIpc) is 2.81. The fraction of sp³-hybridized carbons (Fsp3) is 0.357. The van der Waals surface area contributed by atoms with Crippen LogP contribution in [0.1, 0.15) is 35.1 Å². The first kappa shape index (κ1) is 21.6. The molecule has 1 N–H and O–H groups in total. The molecule has 0 aliphatic heterocycles. The van der Waals surface area contributed by atoms with E-state index in [1.807, 2.05) is 18.2 Å². The highest BCUT2D eigenvalue weighted by Crippen LogP contribution is 2.30. The van der Waals surface area contributed by atoms with Gasteiger partial charge < -0.3 is 14.7 Å². The minimum absolute atomic E-state index is 0.0667. The summed E-state index contributed by atoms with van der Waals surface area (Å²) in [5.41, 5.74) is 7.31. The van der Waals surface area contributed by atoms with Crippen LogP contribution >= 0.6 is 0 Å². The largest absolute Gasteiger partial charge is 0.489 e. The van der Waals surface area contributed by atoms with Crippen molar-refractivity contribution in [1.82, 2.24) is 4.90 Å². The summed E-state index contributed by atoms with van der Waals surface area (Å²) in [4.78, 5) is 2.28. The van der Waals surface area contributed by atoms with E-state index >= 15 is 0 Å². The van der Waals surface area contributed by atoms with Crippen molar-refractivity contribution in [3.63, 3.8) is 0 Å². The quantitative estimate of drug-likeness (QED) is 0.529. The van der Waals surface area contributed by atoms with Crippen molar-refractivity contribution in [2.75, 3.05) is 20.6 Å². The van der Waals surface area contributed by atoms with E-state index in [9.17, 15) is 5.11 Å². The van der Waals surface area contributed by atoms with Crippen molar-refractivity contribution in [2.24, 2.45) is 5.92 Å². The smallest absolute Gasteiger partial charge is 0.120 e. The second kappa shape index (κ2) is 10.1. The highest BCUT2D eigenvalue weighted by atomic mass is 16.5. The summed E-state index contributed by atoms with van der Waals surface area (Å²) in [6.45, 7) is 1.81. The summed E-state index contributed by atoms with van der Waals surface area (Å²) in [6.07, 6.45) is 4.92. The van der Waals surface area contributed by atoms with E-state index in [1.165, 1.54) is 36.9 Å². The summed E-state index contributed by atoms with van der Waals surface area (Å²) in [6, 6.07) is 23.1. The molecule has 4 rings (SSSR count). The Morgan fingerprint density at radius 2 is 1.74 bits per heavy atom. The third-order valence-corrected chi connectivity index (χ3v) is 6.30. The first-order valence-corrected chi connectivity index (χ1v) is 11.3. The van der Waals surface area contributed by atoms with Crippen LogP contribution in [0.25, 0.3) is 11.1 Å². The van der Waals surface area contributed by atoms with E-state index in [4.69, 9.17) is 4.74 Å². The van der Waals surface area contributed by atoms with Crippen molar-refractivity contribution in [3.8, 4) is 16.9 Å². The van der Waals surface area contributed by atoms with E-state index in [1.54, 1.807) is 0 Å². The Bertz CT molecular complexity index is 994. The zero-order valence-corrected chi connectivity index (χ0v) is 18.7. The number of hydrogen-bond donors (Lipinski definition) is 1. The number of aryl methyl sites for hydroxylation is 1. The molecule has 1 unspecified atom stereocenters. The number of aliphatic hydroxyl groups is 1. The van der Waals surface area contributed by atoms with E-state index in [0.29, 0.717) is 6.61 Å². The molecule has 1 aliphatic carbocycles. The Morgan fingerprint density at radius 3 is 2.52 bits per heavy atom. The summed E-state index contributed by atoms with van der Waals surface area (Å²) in [5, 5.41) is 9.34. The van der Waals surface area contributed by atoms with Gasteiger partial charge in [0.2, 0.25) is 0 Å². The Hall–Kier alpha value is -2.62. The normalized spacial score (nSPS) is 15.7. The molecule has 3 aromatic rings. The van der Waals surface area contributed by atoms with Crippen LogP contribution in [0.3, 0.4) is 0 Å². The Kier molecular flexibility index (Phi) is 7.06. The van der Waals surface area contributed by atoms with Crippen LogP contribution in [-0.4, -0.2) is 30.6 Å². The van der Waals surface area contributed by atoms with Gasteiger partial charge in [-0.05, 0) is 104 Å². The molecule has 0 fully saturated rings. The highest BCUT2D eigenvalue weighted by Gasteiger charge is 2.19. The number of benzene rings is 3. The van der Waals surface area contributed by atoms with Crippen molar-refractivity contribution in [2.45, 2.75) is 38.9 Å². The van der Waals surface area contributed by atoms with Crippen LogP contribution in [0.5, 0.6) is 5.75 Å². The van der Waals surface area contributed by atoms with Gasteiger partial charge in [0, 0.05) is 0 Å². The maximum atomic E-state index is 9.34. The Labute approximate surface area is 186 Å². The lowest BCUT2D eigenvalue weighted by atomic mass is 9.82. The van der Waals surface area contributed by atoms with Crippen LogP contribution < -0.4 is 4.74 Å². The molecule has 0 radical (unpaired) electrons. The van der Waals surface area contributed by atoms with Gasteiger partial charge in [0.05, 0.1) is 6.61 Å². The summed E-state index contributed by atoms with van der Waals surface area (Å²) < 4.78 is 6.11. The molecule has 0 aromatic heterocycles. The fourth-order valence-electron chi connectivity index (χ4n) is 4.39. The SMILES string of the molecule is CN(C)CCC1CCc2cc(OCc3ccc(-c4cccc(CO)c4)cc3)ccc2C1. The third-order valence-electron chi connectivity index (χ3n) is 6.30. The summed E-state index contributed by atoms with van der Waals surface area (Å²) >= 11 is 0. The lowest BCUT2D eigenvalue weighted by Crippen LogP contribution is -2.21. The summed E-state index contributed by atoms with van der Waals surface area (Å²) in [5.74, 6) is 1.77. The van der Waals surface area contributed by atoms with Crippen LogP contribution in [0.15, 0.2) is 66.7 Å². The van der Waals surface area contributed by atoms with E-state index in [2.05, 4.69) is 67.5 Å². The zero-order valence-electron chi connectivity index (χ0n) is 18.7. The molecule has 1 aliphatic rings. The van der Waals surface area contributed by atoms with Gasteiger partial charge in [-0.2, -0.15) is 0 Å². The second-order valence-electron chi connectivity index (χ2n) is 8.98. The molecule has 3 aromatic carbocycles. The average molecular weight is 416 g/mol. The van der Waals surface area contributed by atoms with Crippen LogP contribution in [0, 0.1) is 5.92 Å². The molecular weight excluding hydrogens is 382 g/mol. The van der Waals surface area contributed by atoms with E-state index < -0.39 is 0 Å². The molecule has 0 amide bonds. The molecule has 0 saturated carbocycles. The monoisotopic (exact) mass is 415 g/mol. The van der Waals surface area contributed by atoms with Crippen molar-refractivity contribution in [1.29, 1.82) is 0 Å². The third kappa shape index (κ3) is 5.75. The number of nitrogens with zero attached hydrogens (tertiary/aromatic N) is 1. The van der Waals surface area contributed by atoms with Crippen molar-refractivity contribution < 1.29 is 9.84 Å². The fourth-order valence-corrected chi connectivity index (χ4v) is 4.39. The van der Waals surface area contributed by atoms with Gasteiger partial charge in [0.1, 0.15) is 12.4 Å². The van der Waals surface area contributed by atoms with Crippen molar-refractivity contribution in [3.05, 3.63) is 89.0 Å². The molecule has 3 heteroatoms. The molecule has 1 atom stereocenters. The molecule has 3 nitrogen and oxygen atoms in total. The van der Waals surface area contributed by atoms with Gasteiger partial charge in [-0.25, -0.2) is 0 Å². The van der Waals surface area contributed by atoms with E-state index in [-0.39, 0.29) is 6.61 Å². The molecule has 0 spiro atoms. The first-order chi connectivity index (χ1) is 15.1. The molecule has 162 valence electrons. The predicted molar refractivity (Wildman–Crippen MR) is 127 cm³/mol. The molecular formula is C28H33NO2. The number of aliphatic hydroxyl groups excluding tert-OH is 1. The Morgan fingerprint density at radius 1 is 0.903 bits per heavy atom. The maximum absolute atomic E-state index is 9.34. The number of ether oxygens (including phenoxy) is 1. The van der Waals surface area contributed by atoms with Gasteiger partial charge >= 0.3 is 0 Å². The molecule has 0 heterocycles. The number of fused-ring (bicyclic) bond motifs is 1. The van der Waals surface area contributed by atoms with Crippen LogP contribution in [0.4, 0.5) is 0 Å². The maximum Gasteiger partial charge on any atom is 0.120 e. The van der Waals surface area contributed by atoms with Gasteiger partial charge in [-0.3, -0.25) is 0 Å². The summed E-state index contributed by atoms with van der Waals surface area (Å²) in [7, 11) is 4.31. The molecule has 0 saturated heterocycles. The second-order valence-corrected chi connectivity index (χ2v) is 8.98. The minimum atomic E-state index is 0.0667. The van der Waals surface area contributed by atoms with Crippen LogP contribution in [0.2, 0.25) is 0 Å². The van der Waals surface area contributed by atoms with Gasteiger partial charge in [0.25, 0.3) is 0 Å². The van der Waals surface area contributed by atoms with Gasteiger partial charge in [-0.1, -0.05) is 48.5 Å². The number of hydrogen-bond acceptors (Lipinski definition) is 3. The standard InChI is InChI=1S/C28H33NO2/c1-29(2)15-14-21-6-11-27-18-28(13-12-26(27)16-21)31-20-22-7-9-24(10-8-22)25-5-3-4-23(17-25)19-30/h3-5,7-10,12-13,17-18,21,30H,6,11,14-16,19-20H2,1-2H3. The van der Waals surface area contributed by atoms with Gasteiger partial charge in [-0.15, -0.1) is 0 Å². The highest BCUT2D eigenvalue weighted by molar-refractivity contribution is 5.64. The lowest BCUT2D eigenvalue weighted by Gasteiger charge is -2.26. The van der Waals surface area contributed by atoms with Gasteiger partial charge in [0.15, 0.2) is 0 Å². The lowest BCUT2D eigenvalue weighted by molar-refractivity contribution is 0.282. The molecule has 31 heavy (non-hydrogen) atoms. The number of rotatable bonds is 8. The van der Waals surface area contributed by atoms with E-state index in [0.717, 1.165) is 40.3 Å². The zero-order chi connectivity index (χ0) is 21.6. The van der Waals surface area contributed by atoms with Crippen molar-refractivity contribution >= 4 is 0 Å². The predicted octanol–water partition coefficient (Wildman–Crippen LogP) is 5.48. The molecule has 0 bridgehead atoms. The Balaban J connectivity index is 1.34. The first-order valence-electron chi connectivity index (χ1n) is 11.3. The van der Waals surface area contributed by atoms with Crippen LogP contribution in [-0.2, 0) is 26.1 Å². The topological polar surface area (TPSA) is 32.7 Å². The minimum Gasteiger partial charge on any atom is -0.489 e.